The Morgan fingerprint density at radius 3 is 1.49 bits per heavy atom. The highest BCUT2D eigenvalue weighted by molar-refractivity contribution is 7.00. The Morgan fingerprint density at radius 2 is 0.925 bits per heavy atom. The second kappa shape index (κ2) is 12.4. The number of hydrogen-bond acceptors (Lipinski definition) is 3. The van der Waals surface area contributed by atoms with Crippen LogP contribution in [0, 0.1) is 0 Å². The number of hydrogen-bond donors (Lipinski definition) is 0. The van der Waals surface area contributed by atoms with E-state index in [1.165, 1.54) is 147 Å². The molecular weight excluding hydrogens is 810 g/mol. The molecule has 0 N–H and O–H groups in total. The van der Waals surface area contributed by atoms with Gasteiger partial charge in [-0.05, 0) is 136 Å². The van der Waals surface area contributed by atoms with E-state index in [9.17, 15) is 0 Å². The van der Waals surface area contributed by atoms with Crippen molar-refractivity contribution in [2.45, 2.75) is 133 Å². The fourth-order valence-electron chi connectivity index (χ4n) is 16.5. The molecule has 0 radical (unpaired) electrons. The zero-order valence-electron chi connectivity index (χ0n) is 40.4. The topological polar surface area (TPSA) is 9.72 Å². The molecule has 4 heteroatoms. The number of para-hydroxylation sites is 3. The van der Waals surface area contributed by atoms with Gasteiger partial charge in [0, 0.05) is 33.6 Å². The standard InChI is InChI=1S/C63H60BN3/c1-58(2,3)39-35-48-57-50(36-39)64-49-28-20-27-47-56(49)66(61(6)33-18-16-31-59(47,61)4)53-37-40(38-54(55(53)64)67(57)62(7)34-19-17-32-60(48,62)5)65-51-29-14-12-25-45(51)63(46-26-13-15-30-52(46)65)43-23-10-8-21-41(43)42-22-9-11-24-44(42)63/h8-15,20-30,35-38H,16-19,31-34H2,1-7H3. The third-order valence-electron chi connectivity index (χ3n) is 20.1. The molecule has 0 aromatic heterocycles. The Morgan fingerprint density at radius 1 is 0.448 bits per heavy atom. The fraction of sp³-hybridized carbons (Fsp3) is 0.333. The molecule has 3 aliphatic carbocycles. The zero-order valence-corrected chi connectivity index (χ0v) is 40.4. The van der Waals surface area contributed by atoms with Crippen LogP contribution in [-0.2, 0) is 21.7 Å². The Kier molecular flexibility index (Phi) is 7.20. The van der Waals surface area contributed by atoms with Crippen LogP contribution in [0.5, 0.6) is 0 Å². The molecular formula is C63H60BN3. The summed E-state index contributed by atoms with van der Waals surface area (Å²) in [6, 6.07) is 55.5. The Labute approximate surface area is 397 Å². The summed E-state index contributed by atoms with van der Waals surface area (Å²) in [4.78, 5) is 8.59. The van der Waals surface area contributed by atoms with Crippen molar-refractivity contribution in [1.29, 1.82) is 0 Å². The lowest BCUT2D eigenvalue weighted by Gasteiger charge is -2.55. The van der Waals surface area contributed by atoms with E-state index in [0.717, 1.165) is 0 Å². The Hall–Kier alpha value is -6.00. The highest BCUT2D eigenvalue weighted by atomic mass is 15.3. The number of rotatable bonds is 1. The van der Waals surface area contributed by atoms with Gasteiger partial charge in [0.2, 0.25) is 0 Å². The second-order valence-corrected chi connectivity index (χ2v) is 23.8. The first kappa shape index (κ1) is 39.0. The lowest BCUT2D eigenvalue weighted by Crippen LogP contribution is -2.66. The van der Waals surface area contributed by atoms with Gasteiger partial charge in [0.15, 0.2) is 0 Å². The maximum atomic E-state index is 2.96. The van der Waals surface area contributed by atoms with Gasteiger partial charge in [-0.2, -0.15) is 0 Å². The minimum atomic E-state index is -0.449. The van der Waals surface area contributed by atoms with Gasteiger partial charge in [-0.1, -0.05) is 176 Å². The van der Waals surface area contributed by atoms with Crippen molar-refractivity contribution in [2.75, 3.05) is 14.7 Å². The molecule has 8 aliphatic rings. The van der Waals surface area contributed by atoms with Crippen LogP contribution < -0.4 is 31.1 Å². The number of benzene rings is 7. The lowest BCUT2D eigenvalue weighted by molar-refractivity contribution is 0.194. The molecule has 5 aliphatic heterocycles. The van der Waals surface area contributed by atoms with Crippen LogP contribution in [-0.4, -0.2) is 17.8 Å². The first-order valence-electron chi connectivity index (χ1n) is 25.7. The molecule has 0 amide bonds. The molecule has 3 nitrogen and oxygen atoms in total. The summed E-state index contributed by atoms with van der Waals surface area (Å²) in [5.74, 6) is 0. The molecule has 1 spiro atoms. The molecule has 4 atom stereocenters. The molecule has 4 unspecified atom stereocenters. The highest BCUT2D eigenvalue weighted by Gasteiger charge is 2.65. The van der Waals surface area contributed by atoms with Crippen molar-refractivity contribution in [3.63, 3.8) is 0 Å². The molecule has 7 aromatic rings. The van der Waals surface area contributed by atoms with E-state index < -0.39 is 5.41 Å². The largest absolute Gasteiger partial charge is 0.335 e. The van der Waals surface area contributed by atoms with Crippen molar-refractivity contribution in [3.8, 4) is 11.1 Å². The van der Waals surface area contributed by atoms with E-state index in [0.29, 0.717) is 0 Å². The van der Waals surface area contributed by atoms with Crippen LogP contribution in [0.25, 0.3) is 11.1 Å². The quantitative estimate of drug-likeness (QED) is 0.152. The fourth-order valence-corrected chi connectivity index (χ4v) is 16.5. The van der Waals surface area contributed by atoms with Crippen LogP contribution in [0.3, 0.4) is 0 Å². The number of anilines is 7. The van der Waals surface area contributed by atoms with E-state index in [1.54, 1.807) is 11.1 Å². The first-order chi connectivity index (χ1) is 32.4. The summed E-state index contributed by atoms with van der Waals surface area (Å²) in [5, 5.41) is 0. The smallest absolute Gasteiger partial charge is 0.252 e. The summed E-state index contributed by atoms with van der Waals surface area (Å²) in [5.41, 5.74) is 26.5. The summed E-state index contributed by atoms with van der Waals surface area (Å²) in [6.45, 7) is 18.0. The van der Waals surface area contributed by atoms with Gasteiger partial charge in [-0.25, -0.2) is 0 Å². The highest BCUT2D eigenvalue weighted by Crippen LogP contribution is 2.67. The summed E-state index contributed by atoms with van der Waals surface area (Å²) < 4.78 is 0. The molecule has 0 saturated heterocycles. The van der Waals surface area contributed by atoms with Gasteiger partial charge < -0.3 is 14.7 Å². The van der Waals surface area contributed by atoms with E-state index in [2.05, 4.69) is 203 Å². The van der Waals surface area contributed by atoms with E-state index >= 15 is 0 Å². The third kappa shape index (κ3) is 4.25. The molecule has 7 aromatic carbocycles. The zero-order chi connectivity index (χ0) is 45.2. The predicted octanol–water partition coefficient (Wildman–Crippen LogP) is 13.8. The normalized spacial score (nSPS) is 26.8. The monoisotopic (exact) mass is 869 g/mol. The molecule has 15 rings (SSSR count). The minimum absolute atomic E-state index is 0.0162. The van der Waals surface area contributed by atoms with Gasteiger partial charge in [-0.3, -0.25) is 0 Å². The Balaban J connectivity index is 1.07. The van der Waals surface area contributed by atoms with Crippen LogP contribution >= 0.6 is 0 Å². The van der Waals surface area contributed by atoms with Crippen molar-refractivity contribution in [2.24, 2.45) is 0 Å². The molecule has 67 heavy (non-hydrogen) atoms. The SMILES string of the molecule is CC(C)(C)c1cc2c3c(c1)C1(C)CCCCC1(C)N3c1cc(N3c4ccccc4C4(c5ccccc5-c5ccccc54)c4ccccc43)cc3c1B2c1cccc2c1N3C1(C)CCCCC21C. The second-order valence-electron chi connectivity index (χ2n) is 23.8. The summed E-state index contributed by atoms with van der Waals surface area (Å²) in [7, 11) is 0. The van der Waals surface area contributed by atoms with Crippen LogP contribution in [0.2, 0.25) is 0 Å². The minimum Gasteiger partial charge on any atom is -0.335 e. The van der Waals surface area contributed by atoms with Crippen LogP contribution in [0.15, 0.2) is 140 Å². The van der Waals surface area contributed by atoms with Crippen LogP contribution in [0.4, 0.5) is 39.8 Å². The van der Waals surface area contributed by atoms with E-state index in [-0.39, 0.29) is 34.0 Å². The molecule has 0 bridgehead atoms. The van der Waals surface area contributed by atoms with Gasteiger partial charge in [0.25, 0.3) is 6.71 Å². The predicted molar refractivity (Wildman–Crippen MR) is 281 cm³/mol. The number of fused-ring (bicyclic) bond motifs is 19. The van der Waals surface area contributed by atoms with E-state index in [4.69, 9.17) is 0 Å². The number of nitrogens with zero attached hydrogens (tertiary/aromatic N) is 3. The molecule has 2 saturated carbocycles. The van der Waals surface area contributed by atoms with Crippen molar-refractivity contribution in [1.82, 2.24) is 0 Å². The maximum Gasteiger partial charge on any atom is 0.252 e. The molecule has 330 valence electrons. The van der Waals surface area contributed by atoms with E-state index in [1.807, 2.05) is 0 Å². The summed E-state index contributed by atoms with van der Waals surface area (Å²) >= 11 is 0. The van der Waals surface area contributed by atoms with Crippen LogP contribution in [0.1, 0.15) is 139 Å². The van der Waals surface area contributed by atoms with Gasteiger partial charge >= 0.3 is 0 Å². The van der Waals surface area contributed by atoms with Crippen molar-refractivity contribution < 1.29 is 0 Å². The summed E-state index contributed by atoms with van der Waals surface area (Å²) in [6.07, 6.45) is 9.89. The first-order valence-corrected chi connectivity index (χ1v) is 25.7. The lowest BCUT2D eigenvalue weighted by atomic mass is 9.33. The van der Waals surface area contributed by atoms with Gasteiger partial charge in [0.05, 0.1) is 33.6 Å². The maximum absolute atomic E-state index is 2.96. The third-order valence-corrected chi connectivity index (χ3v) is 20.1. The average molecular weight is 870 g/mol. The van der Waals surface area contributed by atoms with Gasteiger partial charge in [-0.15, -0.1) is 0 Å². The van der Waals surface area contributed by atoms with Crippen molar-refractivity contribution >= 4 is 62.9 Å². The van der Waals surface area contributed by atoms with Gasteiger partial charge in [0.1, 0.15) is 0 Å². The van der Waals surface area contributed by atoms with Crippen molar-refractivity contribution in [3.05, 3.63) is 178 Å². The molecule has 5 heterocycles. The Bertz CT molecular complexity index is 3260. The molecule has 2 fully saturated rings. The average Bonchev–Trinajstić information content (AvgIpc) is 3.84.